The summed E-state index contributed by atoms with van der Waals surface area (Å²) in [6.45, 7) is -0.0338. The van der Waals surface area contributed by atoms with Gasteiger partial charge in [-0.25, -0.2) is 14.0 Å². The molecular formula is C24H22FNO5. The third kappa shape index (κ3) is 6.92. The maximum Gasteiger partial charge on any atom is 0.408 e. The summed E-state index contributed by atoms with van der Waals surface area (Å²) >= 11 is 0. The highest BCUT2D eigenvalue weighted by atomic mass is 19.1. The predicted octanol–water partition coefficient (Wildman–Crippen LogP) is 3.82. The van der Waals surface area contributed by atoms with E-state index in [0.717, 1.165) is 35.4 Å². The molecule has 160 valence electrons. The first-order valence-electron chi connectivity index (χ1n) is 9.73. The Labute approximate surface area is 179 Å². The molecule has 1 aliphatic carbocycles. The number of amides is 1. The predicted molar refractivity (Wildman–Crippen MR) is 112 cm³/mol. The average Bonchev–Trinajstić information content (AvgIpc) is 2.79. The number of halogens is 1. The molecule has 0 bridgehead atoms. The van der Waals surface area contributed by atoms with Gasteiger partial charge in [0.1, 0.15) is 19.3 Å². The lowest BCUT2D eigenvalue weighted by Gasteiger charge is -2.25. The van der Waals surface area contributed by atoms with Crippen LogP contribution in [0.25, 0.3) is 0 Å². The van der Waals surface area contributed by atoms with Crippen LogP contribution < -0.4 is 5.32 Å². The molecule has 0 aromatic heterocycles. The number of alkyl halides is 1. The quantitative estimate of drug-likeness (QED) is 0.653. The van der Waals surface area contributed by atoms with E-state index in [1.54, 1.807) is 48.5 Å². The molecule has 2 aromatic rings. The number of ketones is 1. The topological polar surface area (TPSA) is 81.7 Å². The number of rotatable bonds is 8. The molecule has 0 spiro atoms. The lowest BCUT2D eigenvalue weighted by molar-refractivity contribution is -0.148. The highest BCUT2D eigenvalue weighted by Gasteiger charge is 2.35. The zero-order valence-corrected chi connectivity index (χ0v) is 16.7. The molecule has 1 N–H and O–H groups in total. The summed E-state index contributed by atoms with van der Waals surface area (Å²) in [5.74, 6) is -1.16. The summed E-state index contributed by atoms with van der Waals surface area (Å²) in [6.07, 6.45) is 2.96. The normalized spacial score (nSPS) is 15.2. The summed E-state index contributed by atoms with van der Waals surface area (Å²) < 4.78 is 25.5. The lowest BCUT2D eigenvalue weighted by atomic mass is 9.92. The largest absolute Gasteiger partial charge is 0.459 e. The molecule has 0 aliphatic heterocycles. The van der Waals surface area contributed by atoms with Gasteiger partial charge in [0, 0.05) is 6.42 Å². The fourth-order valence-electron chi connectivity index (χ4n) is 2.93. The van der Waals surface area contributed by atoms with E-state index in [1.807, 2.05) is 12.1 Å². The fourth-order valence-corrected chi connectivity index (χ4v) is 2.93. The second kappa shape index (κ2) is 10.3. The third-order valence-corrected chi connectivity index (χ3v) is 4.58. The molecule has 1 amide bonds. The zero-order valence-electron chi connectivity index (χ0n) is 16.7. The van der Waals surface area contributed by atoms with Gasteiger partial charge in [-0.05, 0) is 35.4 Å². The Kier molecular flexibility index (Phi) is 7.32. The van der Waals surface area contributed by atoms with Crippen LogP contribution in [0.4, 0.5) is 9.18 Å². The number of nitrogens with one attached hydrogen (secondary N) is 1. The van der Waals surface area contributed by atoms with Crippen LogP contribution >= 0.6 is 0 Å². The maximum atomic E-state index is 15.1. The molecule has 0 saturated heterocycles. The van der Waals surface area contributed by atoms with E-state index in [4.69, 9.17) is 9.47 Å². The third-order valence-electron chi connectivity index (χ3n) is 4.58. The molecule has 31 heavy (non-hydrogen) atoms. The van der Waals surface area contributed by atoms with Crippen molar-refractivity contribution in [2.24, 2.45) is 0 Å². The SMILES string of the molecule is O=C1C=CC(F)(C[C@H](NC(=O)OCc2ccccc2)C(=O)OCc2ccccc2)C=C1. The average molecular weight is 423 g/mol. The van der Waals surface area contributed by atoms with Gasteiger partial charge < -0.3 is 14.8 Å². The van der Waals surface area contributed by atoms with Crippen molar-refractivity contribution in [3.8, 4) is 0 Å². The second-order valence-corrected chi connectivity index (χ2v) is 7.05. The number of carbonyl (C=O) groups excluding carboxylic acids is 3. The molecule has 0 radical (unpaired) electrons. The lowest BCUT2D eigenvalue weighted by Crippen LogP contribution is -2.46. The molecule has 1 atom stereocenters. The number of alkyl carbamates (subject to hydrolysis) is 1. The van der Waals surface area contributed by atoms with Crippen molar-refractivity contribution in [3.05, 3.63) is 96.1 Å². The van der Waals surface area contributed by atoms with E-state index >= 15 is 4.39 Å². The van der Waals surface area contributed by atoms with Gasteiger partial charge in [0.25, 0.3) is 0 Å². The summed E-state index contributed by atoms with van der Waals surface area (Å²) in [7, 11) is 0. The standard InChI is InChI=1S/C24H22FNO5/c25-24(13-11-20(27)12-14-24)15-21(22(28)30-16-18-7-3-1-4-8-18)26-23(29)31-17-19-9-5-2-6-10-19/h1-14,21H,15-17H2,(H,26,29)/t21-/m0/s1. The Balaban J connectivity index is 1.64. The van der Waals surface area contributed by atoms with Crippen molar-refractivity contribution in [2.75, 3.05) is 0 Å². The number of hydrogen-bond donors (Lipinski definition) is 1. The smallest absolute Gasteiger partial charge is 0.408 e. The van der Waals surface area contributed by atoms with Crippen molar-refractivity contribution in [1.82, 2.24) is 5.32 Å². The van der Waals surface area contributed by atoms with Crippen molar-refractivity contribution in [1.29, 1.82) is 0 Å². The molecule has 0 unspecified atom stereocenters. The van der Waals surface area contributed by atoms with Crippen molar-refractivity contribution in [2.45, 2.75) is 31.3 Å². The monoisotopic (exact) mass is 423 g/mol. The van der Waals surface area contributed by atoms with E-state index < -0.39 is 30.2 Å². The van der Waals surface area contributed by atoms with Gasteiger partial charge in [0.2, 0.25) is 0 Å². The van der Waals surface area contributed by atoms with Gasteiger partial charge in [-0.2, -0.15) is 0 Å². The molecule has 0 heterocycles. The molecular weight excluding hydrogens is 401 g/mol. The molecule has 7 heteroatoms. The van der Waals surface area contributed by atoms with Gasteiger partial charge in [0.05, 0.1) is 0 Å². The number of allylic oxidation sites excluding steroid dienone is 4. The molecule has 2 aromatic carbocycles. The molecule has 0 saturated carbocycles. The number of benzene rings is 2. The van der Waals surface area contributed by atoms with Crippen molar-refractivity contribution in [3.63, 3.8) is 0 Å². The molecule has 0 fully saturated rings. The van der Waals surface area contributed by atoms with Crippen molar-refractivity contribution < 1.29 is 28.2 Å². The summed E-state index contributed by atoms with van der Waals surface area (Å²) in [4.78, 5) is 36.2. The summed E-state index contributed by atoms with van der Waals surface area (Å²) in [6, 6.07) is 16.7. The summed E-state index contributed by atoms with van der Waals surface area (Å²) in [5.41, 5.74) is -0.574. The van der Waals surface area contributed by atoms with Crippen LogP contribution in [0.3, 0.4) is 0 Å². The van der Waals surface area contributed by atoms with Gasteiger partial charge in [0.15, 0.2) is 11.5 Å². The van der Waals surface area contributed by atoms with E-state index in [9.17, 15) is 14.4 Å². The number of esters is 1. The highest BCUT2D eigenvalue weighted by molar-refractivity contribution is 6.00. The number of carbonyl (C=O) groups is 3. The minimum atomic E-state index is -2.09. The number of hydrogen-bond acceptors (Lipinski definition) is 5. The maximum absolute atomic E-state index is 15.1. The Morgan fingerprint density at radius 2 is 1.39 bits per heavy atom. The fraction of sp³-hybridized carbons (Fsp3) is 0.208. The van der Waals surface area contributed by atoms with Crippen LogP contribution in [0.15, 0.2) is 85.0 Å². The van der Waals surface area contributed by atoms with Gasteiger partial charge >= 0.3 is 12.1 Å². The minimum Gasteiger partial charge on any atom is -0.459 e. The van der Waals surface area contributed by atoms with Crippen LogP contribution in [0.5, 0.6) is 0 Å². The van der Waals surface area contributed by atoms with Crippen LogP contribution in [0.2, 0.25) is 0 Å². The first kappa shape index (κ1) is 22.0. The van der Waals surface area contributed by atoms with Crippen LogP contribution in [-0.4, -0.2) is 29.6 Å². The Morgan fingerprint density at radius 3 is 1.94 bits per heavy atom. The van der Waals surface area contributed by atoms with Gasteiger partial charge in [-0.15, -0.1) is 0 Å². The first-order chi connectivity index (χ1) is 14.9. The number of ether oxygens (including phenoxy) is 2. The van der Waals surface area contributed by atoms with Crippen LogP contribution in [0.1, 0.15) is 17.5 Å². The van der Waals surface area contributed by atoms with E-state index in [1.165, 1.54) is 0 Å². The van der Waals surface area contributed by atoms with Crippen LogP contribution in [-0.2, 0) is 32.3 Å². The minimum absolute atomic E-state index is 0.00642. The Morgan fingerprint density at radius 1 is 0.871 bits per heavy atom. The second-order valence-electron chi connectivity index (χ2n) is 7.05. The summed E-state index contributed by atoms with van der Waals surface area (Å²) in [5, 5.41) is 2.38. The van der Waals surface area contributed by atoms with Gasteiger partial charge in [-0.1, -0.05) is 60.7 Å². The van der Waals surface area contributed by atoms with Gasteiger partial charge in [-0.3, -0.25) is 4.79 Å². The molecule has 1 aliphatic rings. The van der Waals surface area contributed by atoms with E-state index in [2.05, 4.69) is 5.32 Å². The Bertz CT molecular complexity index is 956. The molecule has 3 rings (SSSR count). The Hall–Kier alpha value is -3.74. The zero-order chi connectivity index (χ0) is 22.1. The first-order valence-corrected chi connectivity index (χ1v) is 9.73. The van der Waals surface area contributed by atoms with E-state index in [0.29, 0.717) is 0 Å². The highest BCUT2D eigenvalue weighted by Crippen LogP contribution is 2.25. The van der Waals surface area contributed by atoms with Crippen molar-refractivity contribution >= 4 is 17.8 Å². The van der Waals surface area contributed by atoms with Crippen LogP contribution in [0, 0.1) is 0 Å². The molecule has 6 nitrogen and oxygen atoms in total. The van der Waals surface area contributed by atoms with E-state index in [-0.39, 0.29) is 19.0 Å².